The highest BCUT2D eigenvalue weighted by Crippen LogP contribution is 2.43. The van der Waals surface area contributed by atoms with Gasteiger partial charge < -0.3 is 10.0 Å². The molecule has 0 radical (unpaired) electrons. The molecule has 1 N–H and O–H groups in total. The number of nitro groups is 1. The lowest BCUT2D eigenvalue weighted by atomic mass is 9.94. The van der Waals surface area contributed by atoms with Gasteiger partial charge in [0.1, 0.15) is 11.6 Å². The lowest BCUT2D eigenvalue weighted by Gasteiger charge is -2.26. The zero-order valence-electron chi connectivity index (χ0n) is 19.1. The number of aliphatic hydroxyl groups is 1. The summed E-state index contributed by atoms with van der Waals surface area (Å²) in [7, 11) is 0. The molecule has 1 unspecified atom stereocenters. The Kier molecular flexibility index (Phi) is 5.97. The summed E-state index contributed by atoms with van der Waals surface area (Å²) >= 11 is 0. The van der Waals surface area contributed by atoms with Crippen molar-refractivity contribution < 1.29 is 24.0 Å². The number of nitrogens with zero attached hydrogens (tertiary/aromatic N) is 3. The highest BCUT2D eigenvalue weighted by Gasteiger charge is 2.47. The zero-order chi connectivity index (χ0) is 25.4. The molecule has 182 valence electrons. The van der Waals surface area contributed by atoms with Crippen molar-refractivity contribution in [3.05, 3.63) is 105 Å². The maximum atomic E-state index is 15.0. The fourth-order valence-electron chi connectivity index (χ4n) is 4.81. The van der Waals surface area contributed by atoms with Gasteiger partial charge in [-0.15, -0.1) is 0 Å². The SMILES string of the molecule is O=C1C(=O)N(c2ccc(N3CCCC3)cc2)C(c2ccccc2F)/C1=C(\O)c1cccc([N+](=O)[O-])c1. The standard InChI is InChI=1S/C27H22FN3O5/c28-22-9-2-1-8-21(22)24-23(25(32)17-6-5-7-20(16-17)31(35)36)26(33)27(34)30(24)19-12-10-18(11-13-19)29-14-3-4-15-29/h1-2,5-13,16,24,32H,3-4,14-15H2/b25-23+. The van der Waals surface area contributed by atoms with E-state index in [-0.39, 0.29) is 22.4 Å². The molecule has 0 aromatic heterocycles. The van der Waals surface area contributed by atoms with Crippen LogP contribution < -0.4 is 9.80 Å². The van der Waals surface area contributed by atoms with Crippen LogP contribution >= 0.6 is 0 Å². The van der Waals surface area contributed by atoms with Gasteiger partial charge in [-0.3, -0.25) is 24.6 Å². The summed E-state index contributed by atoms with van der Waals surface area (Å²) in [5.74, 6) is -3.20. The van der Waals surface area contributed by atoms with Crippen LogP contribution in [0.2, 0.25) is 0 Å². The van der Waals surface area contributed by atoms with Crippen molar-refractivity contribution in [1.82, 2.24) is 0 Å². The van der Waals surface area contributed by atoms with Gasteiger partial charge in [-0.25, -0.2) is 4.39 Å². The number of non-ortho nitro benzene ring substituents is 1. The molecule has 3 aromatic carbocycles. The molecular weight excluding hydrogens is 465 g/mol. The fraction of sp³-hybridized carbons (Fsp3) is 0.185. The second-order valence-corrected chi connectivity index (χ2v) is 8.71. The maximum Gasteiger partial charge on any atom is 0.300 e. The molecule has 2 heterocycles. The molecule has 2 saturated heterocycles. The number of halogens is 1. The van der Waals surface area contributed by atoms with Crippen LogP contribution in [0.3, 0.4) is 0 Å². The topological polar surface area (TPSA) is 104 Å². The maximum absolute atomic E-state index is 15.0. The minimum absolute atomic E-state index is 0.0204. The summed E-state index contributed by atoms with van der Waals surface area (Å²) < 4.78 is 15.0. The van der Waals surface area contributed by atoms with Crippen LogP contribution in [0.1, 0.15) is 30.0 Å². The molecule has 0 spiro atoms. The minimum Gasteiger partial charge on any atom is -0.507 e. The predicted octanol–water partition coefficient (Wildman–Crippen LogP) is 4.96. The van der Waals surface area contributed by atoms with E-state index in [1.54, 1.807) is 18.2 Å². The Morgan fingerprint density at radius 3 is 2.28 bits per heavy atom. The molecule has 0 aliphatic carbocycles. The Bertz CT molecular complexity index is 1400. The quantitative estimate of drug-likeness (QED) is 0.179. The number of benzene rings is 3. The molecule has 1 amide bonds. The number of hydrogen-bond donors (Lipinski definition) is 1. The van der Waals surface area contributed by atoms with Gasteiger partial charge in [0, 0.05) is 47.7 Å². The van der Waals surface area contributed by atoms with Crippen molar-refractivity contribution >= 4 is 34.5 Å². The Morgan fingerprint density at radius 1 is 0.944 bits per heavy atom. The van der Waals surface area contributed by atoms with Crippen LogP contribution in [0.15, 0.2) is 78.4 Å². The average Bonchev–Trinajstić information content (AvgIpc) is 3.51. The molecule has 0 saturated carbocycles. The number of anilines is 2. The van der Waals surface area contributed by atoms with Crippen molar-refractivity contribution in [1.29, 1.82) is 0 Å². The average molecular weight is 487 g/mol. The van der Waals surface area contributed by atoms with E-state index in [0.717, 1.165) is 42.6 Å². The number of aliphatic hydroxyl groups excluding tert-OH is 1. The first-order valence-electron chi connectivity index (χ1n) is 11.5. The third-order valence-electron chi connectivity index (χ3n) is 6.57. The van der Waals surface area contributed by atoms with Gasteiger partial charge in [0.2, 0.25) is 0 Å². The van der Waals surface area contributed by atoms with Gasteiger partial charge >= 0.3 is 0 Å². The van der Waals surface area contributed by atoms with Gasteiger partial charge in [0.15, 0.2) is 0 Å². The Hall–Kier alpha value is -4.53. The third-order valence-corrected chi connectivity index (χ3v) is 6.57. The molecule has 1 atom stereocenters. The van der Waals surface area contributed by atoms with E-state index in [1.807, 2.05) is 12.1 Å². The van der Waals surface area contributed by atoms with Crippen molar-refractivity contribution in [2.75, 3.05) is 22.9 Å². The number of carbonyl (C=O) groups excluding carboxylic acids is 2. The monoisotopic (exact) mass is 487 g/mol. The molecule has 8 nitrogen and oxygen atoms in total. The van der Waals surface area contributed by atoms with E-state index in [4.69, 9.17) is 0 Å². The first kappa shape index (κ1) is 23.2. The molecular formula is C27H22FN3O5. The number of rotatable bonds is 5. The summed E-state index contributed by atoms with van der Waals surface area (Å²) in [5, 5.41) is 22.3. The van der Waals surface area contributed by atoms with Gasteiger partial charge in [-0.1, -0.05) is 30.3 Å². The van der Waals surface area contributed by atoms with E-state index in [0.29, 0.717) is 5.69 Å². The second kappa shape index (κ2) is 9.26. The van der Waals surface area contributed by atoms with E-state index in [9.17, 15) is 24.8 Å². The molecule has 36 heavy (non-hydrogen) atoms. The van der Waals surface area contributed by atoms with Crippen molar-refractivity contribution in [3.63, 3.8) is 0 Å². The normalized spacial score (nSPS) is 19.2. The molecule has 5 rings (SSSR count). The number of ketones is 1. The first-order valence-corrected chi connectivity index (χ1v) is 11.5. The summed E-state index contributed by atoms with van der Waals surface area (Å²) in [6, 6.07) is 16.6. The Labute approximate surface area is 206 Å². The lowest BCUT2D eigenvalue weighted by molar-refractivity contribution is -0.384. The van der Waals surface area contributed by atoms with Crippen LogP contribution in [0.25, 0.3) is 5.76 Å². The molecule has 0 bridgehead atoms. The van der Waals surface area contributed by atoms with Crippen molar-refractivity contribution in [2.24, 2.45) is 0 Å². The zero-order valence-corrected chi connectivity index (χ0v) is 19.1. The van der Waals surface area contributed by atoms with Crippen molar-refractivity contribution in [3.8, 4) is 0 Å². The number of Topliss-reactive ketones (excluding diaryl/α,β-unsaturated/α-hetero) is 1. The smallest absolute Gasteiger partial charge is 0.300 e. The minimum atomic E-state index is -1.26. The first-order chi connectivity index (χ1) is 17.4. The van der Waals surface area contributed by atoms with Gasteiger partial charge in [-0.2, -0.15) is 0 Å². The highest BCUT2D eigenvalue weighted by atomic mass is 19.1. The van der Waals surface area contributed by atoms with Gasteiger partial charge in [0.25, 0.3) is 17.4 Å². The van der Waals surface area contributed by atoms with E-state index >= 15 is 4.39 Å². The number of nitro benzene ring substituents is 1. The molecule has 2 aliphatic rings. The van der Waals surface area contributed by atoms with E-state index < -0.39 is 34.2 Å². The van der Waals surface area contributed by atoms with E-state index in [2.05, 4.69) is 4.90 Å². The van der Waals surface area contributed by atoms with Crippen LogP contribution in [-0.4, -0.2) is 34.8 Å². The van der Waals surface area contributed by atoms with Crippen LogP contribution in [0, 0.1) is 15.9 Å². The lowest BCUT2D eigenvalue weighted by Crippen LogP contribution is -2.30. The predicted molar refractivity (Wildman–Crippen MR) is 132 cm³/mol. The summed E-state index contributed by atoms with van der Waals surface area (Å²) in [6.07, 6.45) is 2.20. The third kappa shape index (κ3) is 3.98. The van der Waals surface area contributed by atoms with Crippen LogP contribution in [-0.2, 0) is 9.59 Å². The van der Waals surface area contributed by atoms with Crippen molar-refractivity contribution in [2.45, 2.75) is 18.9 Å². The van der Waals surface area contributed by atoms with Gasteiger partial charge in [-0.05, 0) is 43.2 Å². The number of hydrogen-bond acceptors (Lipinski definition) is 6. The summed E-state index contributed by atoms with van der Waals surface area (Å²) in [4.78, 5) is 40.5. The highest BCUT2D eigenvalue weighted by molar-refractivity contribution is 6.51. The largest absolute Gasteiger partial charge is 0.507 e. The summed E-state index contributed by atoms with van der Waals surface area (Å²) in [5.41, 5.74) is 0.709. The molecule has 3 aromatic rings. The molecule has 9 heteroatoms. The number of amides is 1. The fourth-order valence-corrected chi connectivity index (χ4v) is 4.81. The summed E-state index contributed by atoms with van der Waals surface area (Å²) in [6.45, 7) is 1.87. The number of carbonyl (C=O) groups is 2. The van der Waals surface area contributed by atoms with Crippen LogP contribution in [0.5, 0.6) is 0 Å². The van der Waals surface area contributed by atoms with Gasteiger partial charge in [0.05, 0.1) is 16.5 Å². The second-order valence-electron chi connectivity index (χ2n) is 8.71. The molecule has 2 fully saturated rings. The Balaban J connectivity index is 1.65. The molecule has 2 aliphatic heterocycles. The van der Waals surface area contributed by atoms with Crippen LogP contribution in [0.4, 0.5) is 21.5 Å². The van der Waals surface area contributed by atoms with E-state index in [1.165, 1.54) is 36.4 Å². The Morgan fingerprint density at radius 2 is 1.61 bits per heavy atom.